The van der Waals surface area contributed by atoms with Crippen molar-refractivity contribution in [2.45, 2.75) is 40.3 Å². The van der Waals surface area contributed by atoms with Crippen LogP contribution in [0.1, 0.15) is 33.3 Å². The average molecular weight is 242 g/mol. The molecule has 0 saturated carbocycles. The molecule has 0 radical (unpaired) electrons. The number of pyridine rings is 1. The molecular formula is C16H22N2. The van der Waals surface area contributed by atoms with Crippen molar-refractivity contribution in [3.05, 3.63) is 42.1 Å². The van der Waals surface area contributed by atoms with E-state index in [9.17, 15) is 0 Å². The summed E-state index contributed by atoms with van der Waals surface area (Å²) in [6.07, 6.45) is 1.84. The number of aromatic nitrogens is 1. The van der Waals surface area contributed by atoms with E-state index in [0.29, 0.717) is 11.5 Å². The third kappa shape index (κ3) is 3.08. The highest BCUT2D eigenvalue weighted by Crippen LogP contribution is 2.19. The van der Waals surface area contributed by atoms with Crippen molar-refractivity contribution >= 4 is 10.9 Å². The van der Waals surface area contributed by atoms with Gasteiger partial charge in [0.1, 0.15) is 0 Å². The zero-order chi connectivity index (χ0) is 13.2. The van der Waals surface area contributed by atoms with Gasteiger partial charge in [0.15, 0.2) is 0 Å². The molecule has 1 unspecified atom stereocenters. The molecule has 1 atom stereocenters. The smallest absolute Gasteiger partial charge is 0.0702 e. The van der Waals surface area contributed by atoms with Crippen LogP contribution in [0.25, 0.3) is 10.9 Å². The third-order valence-corrected chi connectivity index (χ3v) is 3.58. The van der Waals surface area contributed by atoms with Crippen molar-refractivity contribution in [3.8, 4) is 0 Å². The summed E-state index contributed by atoms with van der Waals surface area (Å²) in [4.78, 5) is 4.34. The maximum Gasteiger partial charge on any atom is 0.0702 e. The van der Waals surface area contributed by atoms with E-state index in [-0.39, 0.29) is 0 Å². The Balaban J connectivity index is 2.08. The van der Waals surface area contributed by atoms with Gasteiger partial charge in [-0.05, 0) is 36.1 Å². The molecule has 0 bridgehead atoms. The van der Waals surface area contributed by atoms with Crippen LogP contribution in [0, 0.1) is 5.41 Å². The lowest BCUT2D eigenvalue weighted by molar-refractivity contribution is 0.285. The first kappa shape index (κ1) is 13.0. The Hall–Kier alpha value is -1.41. The molecule has 2 rings (SSSR count). The maximum atomic E-state index is 4.34. The van der Waals surface area contributed by atoms with Gasteiger partial charge in [-0.3, -0.25) is 4.98 Å². The SMILES string of the molecule is CC(NCc1ccc2ncccc2c1)C(C)(C)C. The molecule has 18 heavy (non-hydrogen) atoms. The number of fused-ring (bicyclic) bond motifs is 1. The zero-order valence-electron chi connectivity index (χ0n) is 11.7. The molecule has 0 aliphatic heterocycles. The summed E-state index contributed by atoms with van der Waals surface area (Å²) in [7, 11) is 0. The number of hydrogen-bond donors (Lipinski definition) is 1. The van der Waals surface area contributed by atoms with Crippen LogP contribution in [0.15, 0.2) is 36.5 Å². The van der Waals surface area contributed by atoms with Crippen LogP contribution >= 0.6 is 0 Å². The summed E-state index contributed by atoms with van der Waals surface area (Å²) in [6.45, 7) is 9.92. The Bertz CT molecular complexity index is 526. The highest BCUT2D eigenvalue weighted by atomic mass is 14.9. The van der Waals surface area contributed by atoms with Gasteiger partial charge in [-0.2, -0.15) is 0 Å². The summed E-state index contributed by atoms with van der Waals surface area (Å²) in [6, 6.07) is 11.0. The van der Waals surface area contributed by atoms with Crippen LogP contribution in [-0.4, -0.2) is 11.0 Å². The number of benzene rings is 1. The Kier molecular flexibility index (Phi) is 3.67. The summed E-state index contributed by atoms with van der Waals surface area (Å²) in [5.41, 5.74) is 2.66. The van der Waals surface area contributed by atoms with Crippen molar-refractivity contribution in [2.24, 2.45) is 5.41 Å². The van der Waals surface area contributed by atoms with Gasteiger partial charge in [0, 0.05) is 24.2 Å². The number of hydrogen-bond acceptors (Lipinski definition) is 2. The first-order valence-electron chi connectivity index (χ1n) is 6.54. The third-order valence-electron chi connectivity index (χ3n) is 3.58. The highest BCUT2D eigenvalue weighted by Gasteiger charge is 2.18. The fourth-order valence-corrected chi connectivity index (χ4v) is 1.81. The van der Waals surface area contributed by atoms with Crippen LogP contribution in [0.5, 0.6) is 0 Å². The van der Waals surface area contributed by atoms with Crippen LogP contribution in [-0.2, 0) is 6.54 Å². The Morgan fingerprint density at radius 1 is 1.22 bits per heavy atom. The van der Waals surface area contributed by atoms with Crippen molar-refractivity contribution < 1.29 is 0 Å². The minimum absolute atomic E-state index is 0.290. The fraction of sp³-hybridized carbons (Fsp3) is 0.438. The molecule has 1 N–H and O–H groups in total. The quantitative estimate of drug-likeness (QED) is 0.886. The minimum atomic E-state index is 0.290. The molecule has 2 heteroatoms. The van der Waals surface area contributed by atoms with Gasteiger partial charge in [0.05, 0.1) is 5.52 Å². The fourth-order valence-electron chi connectivity index (χ4n) is 1.81. The molecular weight excluding hydrogens is 220 g/mol. The van der Waals surface area contributed by atoms with Gasteiger partial charge >= 0.3 is 0 Å². The van der Waals surface area contributed by atoms with Crippen LogP contribution in [0.3, 0.4) is 0 Å². The summed E-state index contributed by atoms with van der Waals surface area (Å²) in [5.74, 6) is 0. The summed E-state index contributed by atoms with van der Waals surface area (Å²) < 4.78 is 0. The molecule has 1 aromatic carbocycles. The van der Waals surface area contributed by atoms with E-state index in [1.54, 1.807) is 0 Å². The first-order chi connectivity index (χ1) is 8.47. The Morgan fingerprint density at radius 3 is 2.72 bits per heavy atom. The molecule has 0 fully saturated rings. The van der Waals surface area contributed by atoms with E-state index in [0.717, 1.165) is 12.1 Å². The van der Waals surface area contributed by atoms with Crippen molar-refractivity contribution in [3.63, 3.8) is 0 Å². The van der Waals surface area contributed by atoms with E-state index in [2.05, 4.69) is 62.3 Å². The highest BCUT2D eigenvalue weighted by molar-refractivity contribution is 5.78. The maximum absolute atomic E-state index is 4.34. The molecule has 1 aromatic heterocycles. The van der Waals surface area contributed by atoms with Crippen molar-refractivity contribution in [1.29, 1.82) is 0 Å². The average Bonchev–Trinajstić information content (AvgIpc) is 2.34. The predicted molar refractivity (Wildman–Crippen MR) is 77.5 cm³/mol. The van der Waals surface area contributed by atoms with E-state index in [4.69, 9.17) is 0 Å². The minimum Gasteiger partial charge on any atom is -0.310 e. The number of rotatable bonds is 3. The molecule has 0 aliphatic rings. The molecule has 0 saturated heterocycles. The second-order valence-electron chi connectivity index (χ2n) is 6.00. The molecule has 1 heterocycles. The second kappa shape index (κ2) is 5.07. The van der Waals surface area contributed by atoms with Crippen LogP contribution < -0.4 is 5.32 Å². The molecule has 2 aromatic rings. The van der Waals surface area contributed by atoms with Crippen molar-refractivity contribution in [1.82, 2.24) is 10.3 Å². The Labute approximate surface area is 109 Å². The Morgan fingerprint density at radius 2 is 2.00 bits per heavy atom. The van der Waals surface area contributed by atoms with Crippen molar-refractivity contribution in [2.75, 3.05) is 0 Å². The summed E-state index contributed by atoms with van der Waals surface area (Å²) in [5, 5.41) is 4.79. The standard InChI is InChI=1S/C16H22N2/c1-12(16(2,3)4)18-11-13-7-8-15-14(10-13)6-5-9-17-15/h5-10,12,18H,11H2,1-4H3. The molecule has 0 aliphatic carbocycles. The molecule has 2 nitrogen and oxygen atoms in total. The van der Waals surface area contributed by atoms with Gasteiger partial charge in [-0.1, -0.05) is 32.9 Å². The number of nitrogens with one attached hydrogen (secondary N) is 1. The topological polar surface area (TPSA) is 24.9 Å². The lowest BCUT2D eigenvalue weighted by Crippen LogP contribution is -2.37. The van der Waals surface area contributed by atoms with Gasteiger partial charge in [-0.15, -0.1) is 0 Å². The lowest BCUT2D eigenvalue weighted by atomic mass is 9.88. The van der Waals surface area contributed by atoms with Crippen LogP contribution in [0.4, 0.5) is 0 Å². The number of nitrogens with zero attached hydrogens (tertiary/aromatic N) is 1. The van der Waals surface area contributed by atoms with E-state index in [1.807, 2.05) is 12.3 Å². The van der Waals surface area contributed by atoms with Gasteiger partial charge in [0.25, 0.3) is 0 Å². The van der Waals surface area contributed by atoms with E-state index >= 15 is 0 Å². The predicted octanol–water partition coefficient (Wildman–Crippen LogP) is 3.76. The first-order valence-corrected chi connectivity index (χ1v) is 6.54. The monoisotopic (exact) mass is 242 g/mol. The second-order valence-corrected chi connectivity index (χ2v) is 6.00. The molecule has 0 spiro atoms. The van der Waals surface area contributed by atoms with Gasteiger partial charge in [-0.25, -0.2) is 0 Å². The van der Waals surface area contributed by atoms with E-state index in [1.165, 1.54) is 10.9 Å². The summed E-state index contributed by atoms with van der Waals surface area (Å²) >= 11 is 0. The van der Waals surface area contributed by atoms with Gasteiger partial charge < -0.3 is 5.32 Å². The van der Waals surface area contributed by atoms with Gasteiger partial charge in [0.2, 0.25) is 0 Å². The zero-order valence-corrected chi connectivity index (χ0v) is 11.7. The lowest BCUT2D eigenvalue weighted by Gasteiger charge is -2.28. The molecule has 0 amide bonds. The molecule has 96 valence electrons. The largest absolute Gasteiger partial charge is 0.310 e. The van der Waals surface area contributed by atoms with E-state index < -0.39 is 0 Å². The normalized spacial score (nSPS) is 13.8. The van der Waals surface area contributed by atoms with Crippen LogP contribution in [0.2, 0.25) is 0 Å².